The molecular formula is C13H14N2O4. The fourth-order valence-electron chi connectivity index (χ4n) is 1.64. The molecule has 0 aliphatic rings. The minimum atomic E-state index is -0.978. The van der Waals surface area contributed by atoms with Crippen molar-refractivity contribution in [2.75, 3.05) is 6.54 Å². The van der Waals surface area contributed by atoms with E-state index < -0.39 is 5.97 Å². The van der Waals surface area contributed by atoms with Crippen LogP contribution in [0, 0.1) is 0 Å². The highest BCUT2D eigenvalue weighted by atomic mass is 16.4. The summed E-state index contributed by atoms with van der Waals surface area (Å²) in [5.74, 6) is -0.702. The number of carboxylic acids is 1. The van der Waals surface area contributed by atoms with Crippen molar-refractivity contribution in [1.29, 1.82) is 0 Å². The van der Waals surface area contributed by atoms with Crippen LogP contribution < -0.4 is 5.32 Å². The number of benzene rings is 1. The van der Waals surface area contributed by atoms with Gasteiger partial charge in [0.1, 0.15) is 5.52 Å². The van der Waals surface area contributed by atoms with Gasteiger partial charge in [0, 0.05) is 19.4 Å². The second-order valence-corrected chi connectivity index (χ2v) is 4.07. The summed E-state index contributed by atoms with van der Waals surface area (Å²) in [4.78, 5) is 25.8. The number of carbonyl (C=O) groups excluding carboxylic acids is 1. The summed E-state index contributed by atoms with van der Waals surface area (Å²) >= 11 is 0. The van der Waals surface area contributed by atoms with E-state index in [0.29, 0.717) is 18.9 Å². The molecule has 2 aromatic rings. The van der Waals surface area contributed by atoms with Crippen LogP contribution in [0.15, 0.2) is 28.7 Å². The summed E-state index contributed by atoms with van der Waals surface area (Å²) in [6.07, 6.45) is 0.311. The van der Waals surface area contributed by atoms with Gasteiger partial charge in [0.2, 0.25) is 5.91 Å². The van der Waals surface area contributed by atoms with E-state index in [9.17, 15) is 9.59 Å². The third-order valence-electron chi connectivity index (χ3n) is 2.57. The van der Waals surface area contributed by atoms with Gasteiger partial charge in [0.15, 0.2) is 11.5 Å². The number of hydrogen-bond acceptors (Lipinski definition) is 4. The molecule has 0 saturated heterocycles. The smallest absolute Gasteiger partial charge is 0.303 e. The second kappa shape index (κ2) is 5.99. The van der Waals surface area contributed by atoms with Gasteiger partial charge in [-0.15, -0.1) is 0 Å². The van der Waals surface area contributed by atoms with Crippen molar-refractivity contribution in [3.8, 4) is 0 Å². The van der Waals surface area contributed by atoms with Crippen molar-refractivity contribution >= 4 is 23.0 Å². The molecule has 2 N–H and O–H groups in total. The lowest BCUT2D eigenvalue weighted by Gasteiger charge is -2.01. The van der Waals surface area contributed by atoms with Gasteiger partial charge in [0.05, 0.1) is 6.42 Å². The number of nitrogens with zero attached hydrogens (tertiary/aromatic N) is 1. The molecule has 0 fully saturated rings. The highest BCUT2D eigenvalue weighted by Gasteiger charge is 2.07. The maximum atomic E-state index is 11.3. The Morgan fingerprint density at radius 1 is 1.26 bits per heavy atom. The predicted octanol–water partition coefficient (Wildman–Crippen LogP) is 1.35. The third-order valence-corrected chi connectivity index (χ3v) is 2.57. The van der Waals surface area contributed by atoms with E-state index in [2.05, 4.69) is 10.3 Å². The summed E-state index contributed by atoms with van der Waals surface area (Å²) < 4.78 is 5.49. The van der Waals surface area contributed by atoms with E-state index in [1.807, 2.05) is 24.3 Å². The first-order valence-corrected chi connectivity index (χ1v) is 5.98. The van der Waals surface area contributed by atoms with Gasteiger partial charge in [0.25, 0.3) is 0 Å². The van der Waals surface area contributed by atoms with Crippen LogP contribution in [0.3, 0.4) is 0 Å². The first-order chi connectivity index (χ1) is 9.15. The molecule has 0 bridgehead atoms. The molecule has 0 saturated carbocycles. The molecular weight excluding hydrogens is 248 g/mol. The average molecular weight is 262 g/mol. The molecule has 19 heavy (non-hydrogen) atoms. The van der Waals surface area contributed by atoms with Gasteiger partial charge in [-0.3, -0.25) is 9.59 Å². The van der Waals surface area contributed by atoms with Crippen molar-refractivity contribution in [3.63, 3.8) is 0 Å². The van der Waals surface area contributed by atoms with E-state index in [0.717, 1.165) is 11.1 Å². The maximum absolute atomic E-state index is 11.3. The van der Waals surface area contributed by atoms with Gasteiger partial charge >= 0.3 is 5.97 Å². The van der Waals surface area contributed by atoms with E-state index in [-0.39, 0.29) is 18.7 Å². The Labute approximate surface area is 109 Å². The summed E-state index contributed by atoms with van der Waals surface area (Å²) in [5.41, 5.74) is 1.50. The van der Waals surface area contributed by atoms with Crippen LogP contribution in [-0.4, -0.2) is 28.5 Å². The Morgan fingerprint density at radius 2 is 2.05 bits per heavy atom. The first-order valence-electron chi connectivity index (χ1n) is 5.98. The van der Waals surface area contributed by atoms with Crippen LogP contribution >= 0.6 is 0 Å². The number of amides is 1. The summed E-state index contributed by atoms with van der Waals surface area (Å²) in [5, 5.41) is 11.1. The standard InChI is InChI=1S/C13H14N2O4/c16-11(5-6-13(17)18)14-8-7-12-15-9-3-1-2-4-10(9)19-12/h1-4H,5-8H2,(H,14,16)(H,17,18). The topological polar surface area (TPSA) is 92.4 Å². The number of nitrogens with one attached hydrogen (secondary N) is 1. The van der Waals surface area contributed by atoms with Gasteiger partial charge in [-0.2, -0.15) is 0 Å². The first kappa shape index (κ1) is 13.1. The lowest BCUT2D eigenvalue weighted by atomic mass is 10.3. The van der Waals surface area contributed by atoms with Crippen LogP contribution in [0.25, 0.3) is 11.1 Å². The molecule has 0 spiro atoms. The van der Waals surface area contributed by atoms with E-state index in [1.54, 1.807) is 0 Å². The Bertz CT molecular complexity index is 558. The number of aliphatic carboxylic acids is 1. The van der Waals surface area contributed by atoms with Crippen molar-refractivity contribution in [2.24, 2.45) is 0 Å². The zero-order valence-corrected chi connectivity index (χ0v) is 10.3. The van der Waals surface area contributed by atoms with Crippen molar-refractivity contribution < 1.29 is 19.1 Å². The lowest BCUT2D eigenvalue weighted by molar-refractivity contribution is -0.138. The largest absolute Gasteiger partial charge is 0.481 e. The molecule has 0 unspecified atom stereocenters. The Morgan fingerprint density at radius 3 is 2.79 bits per heavy atom. The van der Waals surface area contributed by atoms with Crippen LogP contribution in [0.2, 0.25) is 0 Å². The second-order valence-electron chi connectivity index (χ2n) is 4.07. The van der Waals surface area contributed by atoms with Crippen molar-refractivity contribution in [2.45, 2.75) is 19.3 Å². The van der Waals surface area contributed by atoms with E-state index in [4.69, 9.17) is 9.52 Å². The van der Waals surface area contributed by atoms with Crippen molar-refractivity contribution in [3.05, 3.63) is 30.2 Å². The molecule has 6 nitrogen and oxygen atoms in total. The zero-order valence-electron chi connectivity index (χ0n) is 10.3. The zero-order chi connectivity index (χ0) is 13.7. The van der Waals surface area contributed by atoms with Gasteiger partial charge in [-0.1, -0.05) is 12.1 Å². The molecule has 0 aliphatic heterocycles. The Hall–Kier alpha value is -2.37. The quantitative estimate of drug-likeness (QED) is 0.819. The molecule has 6 heteroatoms. The SMILES string of the molecule is O=C(O)CCC(=O)NCCc1nc2ccccc2o1. The Balaban J connectivity index is 1.79. The number of hydrogen-bond donors (Lipinski definition) is 2. The van der Waals surface area contributed by atoms with Crippen LogP contribution in [-0.2, 0) is 16.0 Å². The molecule has 1 heterocycles. The number of carboxylic acid groups (broad SMARTS) is 1. The molecule has 1 aromatic heterocycles. The van der Waals surface area contributed by atoms with Crippen molar-refractivity contribution in [1.82, 2.24) is 10.3 Å². The minimum absolute atomic E-state index is 0.0110. The van der Waals surface area contributed by atoms with E-state index >= 15 is 0 Å². The highest BCUT2D eigenvalue weighted by Crippen LogP contribution is 2.14. The number of rotatable bonds is 6. The van der Waals surface area contributed by atoms with Gasteiger partial charge in [-0.25, -0.2) is 4.98 Å². The number of fused-ring (bicyclic) bond motifs is 1. The fourth-order valence-corrected chi connectivity index (χ4v) is 1.64. The molecule has 2 rings (SSSR count). The highest BCUT2D eigenvalue weighted by molar-refractivity contribution is 5.80. The maximum Gasteiger partial charge on any atom is 0.303 e. The minimum Gasteiger partial charge on any atom is -0.481 e. The molecule has 0 radical (unpaired) electrons. The monoisotopic (exact) mass is 262 g/mol. The summed E-state index contributed by atoms with van der Waals surface area (Å²) in [7, 11) is 0. The number of para-hydroxylation sites is 2. The predicted molar refractivity (Wildman–Crippen MR) is 67.6 cm³/mol. The fraction of sp³-hybridized carbons (Fsp3) is 0.308. The average Bonchev–Trinajstić information content (AvgIpc) is 2.79. The summed E-state index contributed by atoms with van der Waals surface area (Å²) in [6, 6.07) is 7.43. The number of aromatic nitrogens is 1. The lowest BCUT2D eigenvalue weighted by Crippen LogP contribution is -2.26. The molecule has 100 valence electrons. The molecule has 1 amide bonds. The molecule has 1 aromatic carbocycles. The summed E-state index contributed by atoms with van der Waals surface area (Å²) in [6.45, 7) is 0.380. The number of oxazole rings is 1. The van der Waals surface area contributed by atoms with Crippen LogP contribution in [0.4, 0.5) is 0 Å². The van der Waals surface area contributed by atoms with Gasteiger partial charge < -0.3 is 14.8 Å². The number of carbonyl (C=O) groups is 2. The third kappa shape index (κ3) is 3.80. The molecule has 0 aliphatic carbocycles. The van der Waals surface area contributed by atoms with E-state index in [1.165, 1.54) is 0 Å². The normalized spacial score (nSPS) is 10.5. The van der Waals surface area contributed by atoms with Crippen LogP contribution in [0.1, 0.15) is 18.7 Å². The molecule has 0 atom stereocenters. The van der Waals surface area contributed by atoms with Crippen LogP contribution in [0.5, 0.6) is 0 Å². The Kier molecular flexibility index (Phi) is 4.12. The van der Waals surface area contributed by atoms with Gasteiger partial charge in [-0.05, 0) is 12.1 Å².